The van der Waals surface area contributed by atoms with Crippen molar-refractivity contribution >= 4 is 33.5 Å². The highest BCUT2D eigenvalue weighted by molar-refractivity contribution is 7.92. The molecule has 32 heavy (non-hydrogen) atoms. The summed E-state index contributed by atoms with van der Waals surface area (Å²) in [4.78, 5) is 22.8. The van der Waals surface area contributed by atoms with Gasteiger partial charge in [0.25, 0.3) is 21.6 Å². The number of carbonyl (C=O) groups is 1. The molecule has 0 aromatic heterocycles. The van der Waals surface area contributed by atoms with E-state index in [9.17, 15) is 23.3 Å². The van der Waals surface area contributed by atoms with Crippen molar-refractivity contribution in [3.8, 4) is 0 Å². The summed E-state index contributed by atoms with van der Waals surface area (Å²) in [7, 11) is -4.11. The molecular weight excluding hydrogens is 432 g/mol. The summed E-state index contributed by atoms with van der Waals surface area (Å²) in [5.74, 6) is -0.675. The average Bonchev–Trinajstić information content (AvgIpc) is 2.79. The lowest BCUT2D eigenvalue weighted by Crippen LogP contribution is -2.39. The minimum absolute atomic E-state index is 0.0192. The number of aryl methyl sites for hydroxylation is 1. The molecule has 0 spiro atoms. The van der Waals surface area contributed by atoms with Gasteiger partial charge in [0.2, 0.25) is 0 Å². The largest absolute Gasteiger partial charge is 0.271 e. The zero-order valence-corrected chi connectivity index (χ0v) is 17.9. The van der Waals surface area contributed by atoms with E-state index in [0.717, 1.165) is 15.4 Å². The Morgan fingerprint density at radius 2 is 1.66 bits per heavy atom. The van der Waals surface area contributed by atoms with Crippen molar-refractivity contribution in [2.75, 3.05) is 10.8 Å². The van der Waals surface area contributed by atoms with Gasteiger partial charge in [-0.1, -0.05) is 48.0 Å². The molecule has 0 fully saturated rings. The van der Waals surface area contributed by atoms with Gasteiger partial charge in [0.05, 0.1) is 21.7 Å². The number of hydrogen-bond donors (Lipinski definition) is 1. The Morgan fingerprint density at radius 3 is 2.25 bits per heavy atom. The minimum atomic E-state index is -4.11. The maximum atomic E-state index is 13.2. The second-order valence-corrected chi connectivity index (χ2v) is 8.66. The summed E-state index contributed by atoms with van der Waals surface area (Å²) in [6.45, 7) is 1.38. The van der Waals surface area contributed by atoms with Crippen molar-refractivity contribution in [2.45, 2.75) is 11.8 Å². The number of hydrogen-bond acceptors (Lipinski definition) is 6. The van der Waals surface area contributed by atoms with Crippen LogP contribution in [0.4, 0.5) is 11.4 Å². The van der Waals surface area contributed by atoms with Gasteiger partial charge in [0.15, 0.2) is 0 Å². The van der Waals surface area contributed by atoms with Crippen LogP contribution in [-0.4, -0.2) is 32.0 Å². The number of amides is 1. The van der Waals surface area contributed by atoms with E-state index in [2.05, 4.69) is 10.5 Å². The Labute approximate surface area is 185 Å². The number of hydrazone groups is 1. The number of nitro benzene ring substituents is 1. The quantitative estimate of drug-likeness (QED) is 0.319. The van der Waals surface area contributed by atoms with Crippen molar-refractivity contribution in [3.63, 3.8) is 0 Å². The van der Waals surface area contributed by atoms with Gasteiger partial charge in [-0.05, 0) is 36.8 Å². The van der Waals surface area contributed by atoms with Gasteiger partial charge in [-0.3, -0.25) is 19.2 Å². The molecular formula is C22H20N4O5S. The van der Waals surface area contributed by atoms with E-state index in [-0.39, 0.29) is 16.3 Å². The fourth-order valence-electron chi connectivity index (χ4n) is 2.77. The van der Waals surface area contributed by atoms with E-state index in [0.29, 0.717) is 0 Å². The Kier molecular flexibility index (Phi) is 6.96. The van der Waals surface area contributed by atoms with Crippen LogP contribution < -0.4 is 9.73 Å². The molecule has 3 aromatic carbocycles. The number of benzene rings is 3. The number of carbonyl (C=O) groups excluding carboxylic acids is 1. The third-order valence-corrected chi connectivity index (χ3v) is 6.24. The van der Waals surface area contributed by atoms with Gasteiger partial charge in [-0.15, -0.1) is 0 Å². The predicted molar refractivity (Wildman–Crippen MR) is 121 cm³/mol. The van der Waals surface area contributed by atoms with Crippen LogP contribution in [0, 0.1) is 17.0 Å². The van der Waals surface area contributed by atoms with Gasteiger partial charge in [-0.2, -0.15) is 5.10 Å². The smallest absolute Gasteiger partial charge is 0.269 e. The zero-order chi connectivity index (χ0) is 23.1. The normalized spacial score (nSPS) is 11.3. The molecule has 0 saturated heterocycles. The van der Waals surface area contributed by atoms with Crippen LogP contribution in [-0.2, 0) is 14.8 Å². The predicted octanol–water partition coefficient (Wildman–Crippen LogP) is 3.25. The van der Waals surface area contributed by atoms with Gasteiger partial charge < -0.3 is 0 Å². The number of rotatable bonds is 8. The molecule has 3 rings (SSSR count). The SMILES string of the molecule is Cc1ccc(/C=N\NC(=O)CN(c2ccc([N+](=O)[O-])cc2)S(=O)(=O)c2ccccc2)cc1. The molecule has 0 heterocycles. The van der Waals surface area contributed by atoms with E-state index < -0.39 is 27.4 Å². The van der Waals surface area contributed by atoms with Crippen molar-refractivity contribution in [1.29, 1.82) is 0 Å². The van der Waals surface area contributed by atoms with Crippen LogP contribution in [0.15, 0.2) is 88.9 Å². The lowest BCUT2D eigenvalue weighted by atomic mass is 10.2. The molecule has 10 heteroatoms. The van der Waals surface area contributed by atoms with Crippen LogP contribution in [0.2, 0.25) is 0 Å². The van der Waals surface area contributed by atoms with Crippen LogP contribution in [0.5, 0.6) is 0 Å². The van der Waals surface area contributed by atoms with E-state index >= 15 is 0 Å². The van der Waals surface area contributed by atoms with E-state index in [1.807, 2.05) is 31.2 Å². The molecule has 0 atom stereocenters. The van der Waals surface area contributed by atoms with E-state index in [1.54, 1.807) is 18.2 Å². The molecule has 0 saturated carbocycles. The van der Waals surface area contributed by atoms with Crippen molar-refractivity contribution in [2.24, 2.45) is 5.10 Å². The van der Waals surface area contributed by atoms with Crippen LogP contribution in [0.1, 0.15) is 11.1 Å². The zero-order valence-electron chi connectivity index (χ0n) is 17.1. The summed E-state index contributed by atoms with van der Waals surface area (Å²) in [6, 6.07) is 20.0. The molecule has 1 N–H and O–H groups in total. The third kappa shape index (κ3) is 5.55. The number of non-ortho nitro benzene ring substituents is 1. The van der Waals surface area contributed by atoms with Crippen molar-refractivity contribution < 1.29 is 18.1 Å². The lowest BCUT2D eigenvalue weighted by molar-refractivity contribution is -0.384. The first kappa shape index (κ1) is 22.6. The first-order chi connectivity index (χ1) is 15.3. The Hall–Kier alpha value is -4.05. The van der Waals surface area contributed by atoms with Gasteiger partial charge >= 0.3 is 0 Å². The molecule has 0 radical (unpaired) electrons. The Balaban J connectivity index is 1.84. The highest BCUT2D eigenvalue weighted by atomic mass is 32.2. The Bertz CT molecular complexity index is 1230. The second-order valence-electron chi connectivity index (χ2n) is 6.80. The number of nitrogens with one attached hydrogen (secondary N) is 1. The van der Waals surface area contributed by atoms with Gasteiger partial charge in [0.1, 0.15) is 6.54 Å². The average molecular weight is 452 g/mol. The lowest BCUT2D eigenvalue weighted by Gasteiger charge is -2.23. The summed E-state index contributed by atoms with van der Waals surface area (Å²) in [5, 5.41) is 14.8. The molecule has 9 nitrogen and oxygen atoms in total. The standard InChI is InChI=1S/C22H20N4O5S/c1-17-7-9-18(10-8-17)15-23-24-22(27)16-25(19-11-13-20(14-12-19)26(28)29)32(30,31)21-5-3-2-4-6-21/h2-15H,16H2,1H3,(H,24,27)/b23-15-. The highest BCUT2D eigenvalue weighted by Crippen LogP contribution is 2.25. The van der Waals surface area contributed by atoms with E-state index in [1.165, 1.54) is 42.6 Å². The number of nitro groups is 1. The topological polar surface area (TPSA) is 122 Å². The number of sulfonamides is 1. The molecule has 0 aliphatic heterocycles. The third-order valence-electron chi connectivity index (χ3n) is 4.45. The minimum Gasteiger partial charge on any atom is -0.271 e. The fourth-order valence-corrected chi connectivity index (χ4v) is 4.21. The fraction of sp³-hybridized carbons (Fsp3) is 0.0909. The Morgan fingerprint density at radius 1 is 1.03 bits per heavy atom. The monoisotopic (exact) mass is 452 g/mol. The van der Waals surface area contributed by atoms with Crippen LogP contribution in [0.3, 0.4) is 0 Å². The highest BCUT2D eigenvalue weighted by Gasteiger charge is 2.27. The maximum Gasteiger partial charge on any atom is 0.269 e. The number of nitrogens with zero attached hydrogens (tertiary/aromatic N) is 3. The molecule has 1 amide bonds. The summed E-state index contributed by atoms with van der Waals surface area (Å²) < 4.78 is 27.3. The summed E-state index contributed by atoms with van der Waals surface area (Å²) in [6.07, 6.45) is 1.44. The molecule has 0 unspecified atom stereocenters. The molecule has 0 aliphatic carbocycles. The second kappa shape index (κ2) is 9.84. The molecule has 0 bridgehead atoms. The number of anilines is 1. The van der Waals surface area contributed by atoms with Crippen molar-refractivity contribution in [3.05, 3.63) is 100 Å². The van der Waals surface area contributed by atoms with Gasteiger partial charge in [-0.25, -0.2) is 13.8 Å². The van der Waals surface area contributed by atoms with Crippen LogP contribution in [0.25, 0.3) is 0 Å². The van der Waals surface area contributed by atoms with Gasteiger partial charge in [0, 0.05) is 12.1 Å². The summed E-state index contributed by atoms with van der Waals surface area (Å²) in [5.41, 5.74) is 4.07. The van der Waals surface area contributed by atoms with Crippen LogP contribution >= 0.6 is 0 Å². The summed E-state index contributed by atoms with van der Waals surface area (Å²) >= 11 is 0. The molecule has 0 aliphatic rings. The molecule has 3 aromatic rings. The molecule has 164 valence electrons. The first-order valence-corrected chi connectivity index (χ1v) is 10.9. The van der Waals surface area contributed by atoms with E-state index in [4.69, 9.17) is 0 Å². The maximum absolute atomic E-state index is 13.2. The van der Waals surface area contributed by atoms with Crippen molar-refractivity contribution in [1.82, 2.24) is 5.43 Å². The first-order valence-electron chi connectivity index (χ1n) is 9.48.